The molecule has 1 aromatic rings. The first kappa shape index (κ1) is 13.4. The van der Waals surface area contributed by atoms with Gasteiger partial charge in [0.15, 0.2) is 0 Å². The van der Waals surface area contributed by atoms with Crippen LogP contribution in [0.3, 0.4) is 0 Å². The largest absolute Gasteiger partial charge is 0.381 e. The van der Waals surface area contributed by atoms with Crippen molar-refractivity contribution < 1.29 is 4.74 Å². The second-order valence-corrected chi connectivity index (χ2v) is 5.00. The zero-order valence-corrected chi connectivity index (χ0v) is 11.4. The Bertz CT molecular complexity index is 373. The maximum Gasteiger partial charge on any atom is 0.0605 e. The summed E-state index contributed by atoms with van der Waals surface area (Å²) in [6.45, 7) is 4.26. The first-order valence-corrected chi connectivity index (χ1v) is 6.88. The van der Waals surface area contributed by atoms with Crippen molar-refractivity contribution in [3.8, 4) is 0 Å². The fourth-order valence-corrected chi connectivity index (χ4v) is 2.64. The Kier molecular flexibility index (Phi) is 4.61. The molecule has 18 heavy (non-hydrogen) atoms. The van der Waals surface area contributed by atoms with Gasteiger partial charge in [-0.2, -0.15) is 0 Å². The van der Waals surface area contributed by atoms with Gasteiger partial charge in [0, 0.05) is 31.9 Å². The molecule has 1 atom stereocenters. The van der Waals surface area contributed by atoms with Gasteiger partial charge < -0.3 is 15.4 Å². The zero-order valence-electron chi connectivity index (χ0n) is 11.4. The van der Waals surface area contributed by atoms with Gasteiger partial charge in [0.05, 0.1) is 6.10 Å². The molecule has 0 aromatic heterocycles. The molecule has 0 saturated carbocycles. The Balaban J connectivity index is 2.13. The third-order valence-electron chi connectivity index (χ3n) is 3.89. The fourth-order valence-electron chi connectivity index (χ4n) is 2.64. The smallest absolute Gasteiger partial charge is 0.0605 e. The molecule has 2 N–H and O–H groups in total. The van der Waals surface area contributed by atoms with E-state index in [0.29, 0.717) is 6.10 Å². The second kappa shape index (κ2) is 6.21. The lowest BCUT2D eigenvalue weighted by atomic mass is 10.00. The number of ether oxygens (including phenoxy) is 1. The normalized spacial score (nSPS) is 18.9. The molecule has 0 spiro atoms. The average Bonchev–Trinajstić information content (AvgIpc) is 2.46. The molecule has 1 aliphatic heterocycles. The highest BCUT2D eigenvalue weighted by molar-refractivity contribution is 5.55. The Morgan fingerprint density at radius 2 is 2.00 bits per heavy atom. The van der Waals surface area contributed by atoms with Gasteiger partial charge >= 0.3 is 0 Å². The molecular weight excluding hydrogens is 224 g/mol. The number of nitrogens with zero attached hydrogens (tertiary/aromatic N) is 1. The van der Waals surface area contributed by atoms with Crippen LogP contribution in [0.1, 0.15) is 37.8 Å². The van der Waals surface area contributed by atoms with Gasteiger partial charge in [-0.3, -0.25) is 0 Å². The number of nitrogens with two attached hydrogens (primary N) is 1. The molecule has 1 fully saturated rings. The van der Waals surface area contributed by atoms with Gasteiger partial charge in [0.2, 0.25) is 0 Å². The van der Waals surface area contributed by atoms with Crippen LogP contribution in [0.4, 0.5) is 5.69 Å². The number of anilines is 1. The van der Waals surface area contributed by atoms with Crippen molar-refractivity contribution in [2.75, 3.05) is 25.1 Å². The molecule has 0 unspecified atom stereocenters. The van der Waals surface area contributed by atoms with E-state index in [4.69, 9.17) is 10.5 Å². The van der Waals surface area contributed by atoms with Crippen molar-refractivity contribution in [2.24, 2.45) is 5.73 Å². The highest BCUT2D eigenvalue weighted by Crippen LogP contribution is 2.29. The molecule has 2 rings (SSSR count). The van der Waals surface area contributed by atoms with Crippen LogP contribution in [-0.4, -0.2) is 26.3 Å². The number of hydrogen-bond acceptors (Lipinski definition) is 3. The monoisotopic (exact) mass is 248 g/mol. The van der Waals surface area contributed by atoms with Crippen molar-refractivity contribution in [1.29, 1.82) is 0 Å². The van der Waals surface area contributed by atoms with Crippen molar-refractivity contribution in [3.63, 3.8) is 0 Å². The predicted molar refractivity (Wildman–Crippen MR) is 75.9 cm³/mol. The molecule has 3 nitrogen and oxygen atoms in total. The molecule has 100 valence electrons. The molecule has 0 aliphatic carbocycles. The van der Waals surface area contributed by atoms with Gasteiger partial charge in [-0.25, -0.2) is 0 Å². The van der Waals surface area contributed by atoms with Crippen molar-refractivity contribution >= 4 is 5.69 Å². The van der Waals surface area contributed by atoms with Crippen molar-refractivity contribution in [3.05, 3.63) is 29.8 Å². The first-order valence-electron chi connectivity index (χ1n) is 6.88. The van der Waals surface area contributed by atoms with Crippen LogP contribution in [0, 0.1) is 0 Å². The van der Waals surface area contributed by atoms with Gasteiger partial charge in [-0.1, -0.05) is 25.1 Å². The van der Waals surface area contributed by atoms with Crippen molar-refractivity contribution in [1.82, 2.24) is 0 Å². The fraction of sp³-hybridized carbons (Fsp3) is 0.600. The molecule has 1 aromatic carbocycles. The van der Waals surface area contributed by atoms with E-state index in [1.54, 1.807) is 7.11 Å². The Labute approximate surface area is 110 Å². The highest BCUT2D eigenvalue weighted by atomic mass is 16.5. The summed E-state index contributed by atoms with van der Waals surface area (Å²) in [5, 5.41) is 0. The summed E-state index contributed by atoms with van der Waals surface area (Å²) in [6, 6.07) is 8.67. The maximum absolute atomic E-state index is 6.20. The van der Waals surface area contributed by atoms with E-state index in [-0.39, 0.29) is 6.04 Å². The van der Waals surface area contributed by atoms with Gasteiger partial charge in [0.25, 0.3) is 0 Å². The molecule has 1 heterocycles. The molecule has 1 aliphatic rings. The van der Waals surface area contributed by atoms with Crippen LogP contribution in [0.5, 0.6) is 0 Å². The van der Waals surface area contributed by atoms with Crippen molar-refractivity contribution in [2.45, 2.75) is 38.3 Å². The van der Waals surface area contributed by atoms with E-state index in [9.17, 15) is 0 Å². The number of rotatable bonds is 4. The lowest BCUT2D eigenvalue weighted by molar-refractivity contribution is 0.0819. The van der Waals surface area contributed by atoms with E-state index >= 15 is 0 Å². The van der Waals surface area contributed by atoms with E-state index in [0.717, 1.165) is 32.4 Å². The minimum atomic E-state index is 0.140. The van der Waals surface area contributed by atoms with Gasteiger partial charge in [-0.15, -0.1) is 0 Å². The number of hydrogen-bond donors (Lipinski definition) is 1. The standard InChI is InChI=1S/C15H24N2O/c1-3-14(16)13-6-4-5-7-15(13)17-10-8-12(18-2)9-11-17/h4-7,12,14H,3,8-11,16H2,1-2H3/t14-/m1/s1. The molecule has 0 radical (unpaired) electrons. The SMILES string of the molecule is CC[C@@H](N)c1ccccc1N1CCC(OC)CC1. The van der Waals surface area contributed by atoms with Gasteiger partial charge in [-0.05, 0) is 30.9 Å². The van der Waals surface area contributed by atoms with Crippen LogP contribution in [0.2, 0.25) is 0 Å². The Morgan fingerprint density at radius 3 is 2.61 bits per heavy atom. The van der Waals surface area contributed by atoms with E-state index in [2.05, 4.69) is 36.1 Å². The van der Waals surface area contributed by atoms with E-state index in [1.807, 2.05) is 0 Å². The minimum Gasteiger partial charge on any atom is -0.381 e. The highest BCUT2D eigenvalue weighted by Gasteiger charge is 2.21. The van der Waals surface area contributed by atoms with Crippen LogP contribution in [0.25, 0.3) is 0 Å². The summed E-state index contributed by atoms with van der Waals surface area (Å²) < 4.78 is 5.42. The van der Waals surface area contributed by atoms with Gasteiger partial charge in [0.1, 0.15) is 0 Å². The van der Waals surface area contributed by atoms with Crippen LogP contribution >= 0.6 is 0 Å². The maximum atomic E-state index is 6.20. The number of para-hydroxylation sites is 1. The topological polar surface area (TPSA) is 38.5 Å². The molecule has 1 saturated heterocycles. The Hall–Kier alpha value is -1.06. The third kappa shape index (κ3) is 2.85. The molecular formula is C15H24N2O. The number of piperidine rings is 1. The zero-order chi connectivity index (χ0) is 13.0. The summed E-state index contributed by atoms with van der Waals surface area (Å²) in [5.74, 6) is 0. The quantitative estimate of drug-likeness (QED) is 0.890. The molecule has 0 bridgehead atoms. The van der Waals surface area contributed by atoms with Crippen LogP contribution in [0.15, 0.2) is 24.3 Å². The summed E-state index contributed by atoms with van der Waals surface area (Å²) in [5.41, 5.74) is 8.78. The lowest BCUT2D eigenvalue weighted by Crippen LogP contribution is -2.37. The Morgan fingerprint density at radius 1 is 1.33 bits per heavy atom. The van der Waals surface area contributed by atoms with E-state index < -0.39 is 0 Å². The molecule has 3 heteroatoms. The second-order valence-electron chi connectivity index (χ2n) is 5.00. The first-order chi connectivity index (χ1) is 8.76. The minimum absolute atomic E-state index is 0.140. The molecule has 0 amide bonds. The summed E-state index contributed by atoms with van der Waals surface area (Å²) >= 11 is 0. The number of methoxy groups -OCH3 is 1. The third-order valence-corrected chi connectivity index (χ3v) is 3.89. The van der Waals surface area contributed by atoms with Crippen LogP contribution < -0.4 is 10.6 Å². The van der Waals surface area contributed by atoms with E-state index in [1.165, 1.54) is 11.3 Å². The lowest BCUT2D eigenvalue weighted by Gasteiger charge is -2.34. The van der Waals surface area contributed by atoms with Crippen LogP contribution in [-0.2, 0) is 4.74 Å². The average molecular weight is 248 g/mol. The predicted octanol–water partition coefficient (Wildman–Crippen LogP) is 2.71. The summed E-state index contributed by atoms with van der Waals surface area (Å²) in [4.78, 5) is 2.44. The number of benzene rings is 1. The summed E-state index contributed by atoms with van der Waals surface area (Å²) in [7, 11) is 1.81. The summed E-state index contributed by atoms with van der Waals surface area (Å²) in [6.07, 6.45) is 3.61.